The minimum atomic E-state index is -0.669. The van der Waals surface area contributed by atoms with Gasteiger partial charge in [-0.1, -0.05) is 0 Å². The van der Waals surface area contributed by atoms with Crippen molar-refractivity contribution in [2.75, 3.05) is 25.5 Å². The van der Waals surface area contributed by atoms with Gasteiger partial charge in [-0.2, -0.15) is 5.10 Å². The van der Waals surface area contributed by atoms with Crippen molar-refractivity contribution in [2.24, 2.45) is 0 Å². The van der Waals surface area contributed by atoms with Crippen LogP contribution in [0.4, 0.5) is 10.1 Å². The van der Waals surface area contributed by atoms with E-state index in [9.17, 15) is 18.8 Å². The van der Waals surface area contributed by atoms with Crippen molar-refractivity contribution in [3.05, 3.63) is 72.6 Å². The van der Waals surface area contributed by atoms with Gasteiger partial charge in [-0.3, -0.25) is 9.59 Å². The molecule has 3 aromatic rings. The SMILES string of the molecule is CN(CC(=O)Nc1ccc(F)cc1)C(=O)COC(=O)c1ccc(-n2cncn2)cc1. The van der Waals surface area contributed by atoms with Crippen molar-refractivity contribution in [1.29, 1.82) is 0 Å². The van der Waals surface area contributed by atoms with Gasteiger partial charge in [0.1, 0.15) is 18.5 Å². The predicted molar refractivity (Wildman–Crippen MR) is 104 cm³/mol. The number of amides is 2. The van der Waals surface area contributed by atoms with E-state index in [2.05, 4.69) is 15.4 Å². The summed E-state index contributed by atoms with van der Waals surface area (Å²) < 4.78 is 19.4. The molecule has 2 aromatic carbocycles. The summed E-state index contributed by atoms with van der Waals surface area (Å²) in [5.41, 5.74) is 1.39. The van der Waals surface area contributed by atoms with Crippen LogP contribution in [-0.2, 0) is 14.3 Å². The molecule has 0 aliphatic rings. The van der Waals surface area contributed by atoms with Gasteiger partial charge >= 0.3 is 5.97 Å². The lowest BCUT2D eigenvalue weighted by molar-refractivity contribution is -0.136. The Morgan fingerprint density at radius 3 is 2.43 bits per heavy atom. The number of anilines is 1. The van der Waals surface area contributed by atoms with Crippen LogP contribution in [0.15, 0.2) is 61.2 Å². The Hall–Kier alpha value is -4.08. The summed E-state index contributed by atoms with van der Waals surface area (Å²) >= 11 is 0. The maximum Gasteiger partial charge on any atom is 0.338 e. The highest BCUT2D eigenvalue weighted by molar-refractivity contribution is 5.95. The largest absolute Gasteiger partial charge is 0.452 e. The molecule has 0 aliphatic heterocycles. The first-order valence-corrected chi connectivity index (χ1v) is 8.84. The lowest BCUT2D eigenvalue weighted by Gasteiger charge is -2.16. The summed E-state index contributed by atoms with van der Waals surface area (Å²) in [5.74, 6) is -2.10. The Morgan fingerprint density at radius 2 is 1.80 bits per heavy atom. The Labute approximate surface area is 171 Å². The molecule has 1 N–H and O–H groups in total. The molecule has 2 amide bonds. The highest BCUT2D eigenvalue weighted by Crippen LogP contribution is 2.10. The minimum absolute atomic E-state index is 0.250. The summed E-state index contributed by atoms with van der Waals surface area (Å²) in [4.78, 5) is 41.2. The number of nitrogens with one attached hydrogen (secondary N) is 1. The van der Waals surface area contributed by atoms with Gasteiger partial charge in [-0.25, -0.2) is 18.9 Å². The number of esters is 1. The maximum atomic E-state index is 12.9. The monoisotopic (exact) mass is 411 g/mol. The van der Waals surface area contributed by atoms with Crippen LogP contribution in [0.5, 0.6) is 0 Å². The van der Waals surface area contributed by atoms with Crippen LogP contribution < -0.4 is 5.32 Å². The Bertz CT molecular complexity index is 1020. The Balaban J connectivity index is 1.46. The van der Waals surface area contributed by atoms with E-state index in [0.717, 1.165) is 4.90 Å². The molecule has 154 valence electrons. The van der Waals surface area contributed by atoms with Gasteiger partial charge in [0.05, 0.1) is 17.8 Å². The number of benzene rings is 2. The smallest absolute Gasteiger partial charge is 0.338 e. The first kappa shape index (κ1) is 20.6. The zero-order chi connectivity index (χ0) is 21.5. The highest BCUT2D eigenvalue weighted by atomic mass is 19.1. The molecule has 0 fully saturated rings. The standard InChI is InChI=1S/C20H18FN5O4/c1-25(10-18(27)24-16-6-4-15(21)5-7-16)19(28)11-30-20(29)14-2-8-17(9-3-14)26-13-22-12-23-26/h2-9,12-13H,10-11H2,1H3,(H,24,27). The molecule has 0 saturated heterocycles. The van der Waals surface area contributed by atoms with Crippen molar-refractivity contribution in [2.45, 2.75) is 0 Å². The number of nitrogens with zero attached hydrogens (tertiary/aromatic N) is 4. The van der Waals surface area contributed by atoms with E-state index in [-0.39, 0.29) is 12.1 Å². The van der Waals surface area contributed by atoms with Gasteiger partial charge in [0.25, 0.3) is 5.91 Å². The number of ether oxygens (including phenoxy) is 1. The van der Waals surface area contributed by atoms with E-state index in [1.165, 1.54) is 48.6 Å². The van der Waals surface area contributed by atoms with E-state index in [0.29, 0.717) is 11.4 Å². The average molecular weight is 411 g/mol. The first-order valence-electron chi connectivity index (χ1n) is 8.84. The third kappa shape index (κ3) is 5.47. The van der Waals surface area contributed by atoms with Gasteiger partial charge in [-0.15, -0.1) is 0 Å². The number of hydrogen-bond donors (Lipinski definition) is 1. The second kappa shape index (κ2) is 9.41. The van der Waals surface area contributed by atoms with E-state index in [4.69, 9.17) is 4.74 Å². The lowest BCUT2D eigenvalue weighted by atomic mass is 10.2. The first-order chi connectivity index (χ1) is 14.4. The molecule has 1 aromatic heterocycles. The molecule has 9 nitrogen and oxygen atoms in total. The van der Waals surface area contributed by atoms with E-state index in [1.54, 1.807) is 24.3 Å². The number of carbonyl (C=O) groups is 3. The third-order valence-electron chi connectivity index (χ3n) is 4.05. The van der Waals surface area contributed by atoms with Crippen molar-refractivity contribution >= 4 is 23.5 Å². The fourth-order valence-corrected chi connectivity index (χ4v) is 2.45. The molecular weight excluding hydrogens is 393 g/mol. The lowest BCUT2D eigenvalue weighted by Crippen LogP contribution is -2.37. The highest BCUT2D eigenvalue weighted by Gasteiger charge is 2.16. The van der Waals surface area contributed by atoms with Gasteiger partial charge in [0.2, 0.25) is 5.91 Å². The number of halogens is 1. The molecule has 0 aliphatic carbocycles. The number of rotatable bonds is 7. The zero-order valence-electron chi connectivity index (χ0n) is 16.0. The Kier molecular flexibility index (Phi) is 6.48. The summed E-state index contributed by atoms with van der Waals surface area (Å²) in [5, 5.41) is 6.53. The van der Waals surface area contributed by atoms with Gasteiger partial charge in [0.15, 0.2) is 6.61 Å². The number of aromatic nitrogens is 3. The fourth-order valence-electron chi connectivity index (χ4n) is 2.45. The molecular formula is C20H18FN5O4. The quantitative estimate of drug-likeness (QED) is 0.593. The summed E-state index contributed by atoms with van der Waals surface area (Å²) in [6, 6.07) is 11.7. The molecule has 0 saturated carbocycles. The van der Waals surface area contributed by atoms with Crippen LogP contribution in [0.2, 0.25) is 0 Å². The average Bonchev–Trinajstić information content (AvgIpc) is 3.28. The third-order valence-corrected chi connectivity index (χ3v) is 4.05. The van der Waals surface area contributed by atoms with Crippen LogP contribution in [0.1, 0.15) is 10.4 Å². The van der Waals surface area contributed by atoms with Crippen molar-refractivity contribution in [1.82, 2.24) is 19.7 Å². The van der Waals surface area contributed by atoms with E-state index >= 15 is 0 Å². The molecule has 0 unspecified atom stereocenters. The van der Waals surface area contributed by atoms with E-state index < -0.39 is 30.2 Å². The molecule has 0 atom stereocenters. The van der Waals surface area contributed by atoms with Gasteiger partial charge < -0.3 is 15.0 Å². The minimum Gasteiger partial charge on any atom is -0.452 e. The van der Waals surface area contributed by atoms with Crippen LogP contribution in [0.3, 0.4) is 0 Å². The van der Waals surface area contributed by atoms with Gasteiger partial charge in [0, 0.05) is 12.7 Å². The normalized spacial score (nSPS) is 10.3. The number of hydrogen-bond acceptors (Lipinski definition) is 6. The molecule has 1 heterocycles. The molecule has 0 spiro atoms. The van der Waals surface area contributed by atoms with Crippen LogP contribution >= 0.6 is 0 Å². The summed E-state index contributed by atoms with van der Waals surface area (Å²) in [6.07, 6.45) is 2.91. The molecule has 3 rings (SSSR count). The second-order valence-electron chi connectivity index (χ2n) is 6.27. The summed E-state index contributed by atoms with van der Waals surface area (Å²) in [6.45, 7) is -0.760. The molecule has 0 bridgehead atoms. The van der Waals surface area contributed by atoms with Crippen molar-refractivity contribution in [3.63, 3.8) is 0 Å². The topological polar surface area (TPSA) is 106 Å². The second-order valence-corrected chi connectivity index (χ2v) is 6.27. The predicted octanol–water partition coefficient (Wildman–Crippen LogP) is 1.66. The van der Waals surface area contributed by atoms with Gasteiger partial charge in [-0.05, 0) is 48.5 Å². The molecule has 10 heteroatoms. The van der Waals surface area contributed by atoms with Crippen molar-refractivity contribution in [3.8, 4) is 5.69 Å². The molecule has 30 heavy (non-hydrogen) atoms. The fraction of sp³-hybridized carbons (Fsp3) is 0.150. The Morgan fingerprint density at radius 1 is 1.10 bits per heavy atom. The van der Waals surface area contributed by atoms with Crippen LogP contribution in [-0.4, -0.2) is 57.6 Å². The zero-order valence-corrected chi connectivity index (χ0v) is 16.0. The van der Waals surface area contributed by atoms with Crippen molar-refractivity contribution < 1.29 is 23.5 Å². The number of carbonyl (C=O) groups excluding carboxylic acids is 3. The summed E-state index contributed by atoms with van der Waals surface area (Å²) in [7, 11) is 1.41. The number of likely N-dealkylation sites (N-methyl/N-ethyl adjacent to an activating group) is 1. The van der Waals surface area contributed by atoms with Crippen LogP contribution in [0.25, 0.3) is 5.69 Å². The van der Waals surface area contributed by atoms with Crippen LogP contribution in [0, 0.1) is 5.82 Å². The maximum absolute atomic E-state index is 12.9. The molecule has 0 radical (unpaired) electrons. The van der Waals surface area contributed by atoms with E-state index in [1.807, 2.05) is 0 Å².